The van der Waals surface area contributed by atoms with Crippen LogP contribution < -0.4 is 5.56 Å². The predicted molar refractivity (Wildman–Crippen MR) is 95.6 cm³/mol. The molecule has 0 spiro atoms. The number of hydrogen-bond acceptors (Lipinski definition) is 2. The monoisotopic (exact) mass is 320 g/mol. The van der Waals surface area contributed by atoms with E-state index in [9.17, 15) is 4.79 Å². The fourth-order valence-corrected chi connectivity index (χ4v) is 4.27. The van der Waals surface area contributed by atoms with Gasteiger partial charge in [-0.1, -0.05) is 19.3 Å². The maximum absolute atomic E-state index is 13.1. The van der Waals surface area contributed by atoms with E-state index in [0.29, 0.717) is 6.04 Å². The van der Waals surface area contributed by atoms with Gasteiger partial charge in [-0.2, -0.15) is 0 Å². The molecule has 0 unspecified atom stereocenters. The fourth-order valence-electron chi connectivity index (χ4n) is 4.27. The van der Waals surface area contributed by atoms with E-state index in [1.807, 2.05) is 30.1 Å². The number of fused-ring (bicyclic) bond motifs is 5. The number of aryl methyl sites for hydroxylation is 1. The molecule has 2 aromatic heterocycles. The van der Waals surface area contributed by atoms with Crippen molar-refractivity contribution in [2.75, 3.05) is 0 Å². The molecule has 5 rings (SSSR count). The third-order valence-corrected chi connectivity index (χ3v) is 5.52. The summed E-state index contributed by atoms with van der Waals surface area (Å²) in [7, 11) is 2.03. The molecule has 1 saturated carbocycles. The predicted octanol–water partition coefficient (Wildman–Crippen LogP) is 3.83. The van der Waals surface area contributed by atoms with Crippen LogP contribution in [-0.2, 0) is 7.05 Å². The highest BCUT2D eigenvalue weighted by atomic mass is 16.1. The van der Waals surface area contributed by atoms with Crippen molar-refractivity contribution in [3.8, 4) is 11.3 Å². The normalized spacial score (nSPS) is 16.5. The summed E-state index contributed by atoms with van der Waals surface area (Å²) in [6.07, 6.45) is 11.7. The first-order valence-electron chi connectivity index (χ1n) is 8.70. The average Bonchev–Trinajstić information content (AvgIpc) is 3.17. The van der Waals surface area contributed by atoms with E-state index in [-0.39, 0.29) is 5.56 Å². The van der Waals surface area contributed by atoms with Crippen molar-refractivity contribution < 1.29 is 0 Å². The maximum Gasteiger partial charge on any atom is 0.261 e. The minimum atomic E-state index is 0.0962. The van der Waals surface area contributed by atoms with E-state index in [4.69, 9.17) is 4.98 Å². The van der Waals surface area contributed by atoms with Gasteiger partial charge in [0.15, 0.2) is 0 Å². The molecule has 0 amide bonds. The molecule has 0 saturated heterocycles. The van der Waals surface area contributed by atoms with Crippen molar-refractivity contribution in [1.29, 1.82) is 0 Å². The van der Waals surface area contributed by atoms with Gasteiger partial charge in [0, 0.05) is 36.4 Å². The quantitative estimate of drug-likeness (QED) is 0.579. The van der Waals surface area contributed by atoms with Gasteiger partial charge in [0.05, 0.1) is 28.4 Å². The standard InChI is InChI=1S/C19H20N4O/c1-22-8-7-12-10-20-15-9-14-17(16(15)18(12)22)21-11-23(19(14)24)13-5-3-2-4-6-13/h7-11,13,20H,2-6H2,1H3. The number of hydrogen-bond donors (Lipinski definition) is 1. The van der Waals surface area contributed by atoms with E-state index in [1.54, 1.807) is 6.33 Å². The Hall–Kier alpha value is -2.56. The Morgan fingerprint density at radius 2 is 2.08 bits per heavy atom. The van der Waals surface area contributed by atoms with Crippen LogP contribution in [0.5, 0.6) is 0 Å². The minimum absolute atomic E-state index is 0.0962. The van der Waals surface area contributed by atoms with E-state index < -0.39 is 0 Å². The maximum atomic E-state index is 13.1. The molecular weight excluding hydrogens is 300 g/mol. The summed E-state index contributed by atoms with van der Waals surface area (Å²) in [5.41, 5.74) is 4.05. The van der Waals surface area contributed by atoms with Crippen LogP contribution in [0.25, 0.3) is 33.1 Å². The number of aromatic amines is 1. The number of H-pyrrole nitrogens is 1. The molecule has 3 aliphatic rings. The van der Waals surface area contributed by atoms with Gasteiger partial charge < -0.3 is 9.55 Å². The van der Waals surface area contributed by atoms with E-state index >= 15 is 0 Å². The third-order valence-electron chi connectivity index (χ3n) is 5.52. The first kappa shape index (κ1) is 13.8. The van der Waals surface area contributed by atoms with Gasteiger partial charge in [-0.3, -0.25) is 9.36 Å². The average molecular weight is 320 g/mol. The van der Waals surface area contributed by atoms with Gasteiger partial charge in [-0.25, -0.2) is 4.98 Å². The van der Waals surface area contributed by atoms with Gasteiger partial charge in [-0.05, 0) is 25.0 Å². The number of nitrogens with zero attached hydrogens (tertiary/aromatic N) is 3. The van der Waals surface area contributed by atoms with Crippen LogP contribution in [0.1, 0.15) is 38.1 Å². The van der Waals surface area contributed by atoms with Crippen LogP contribution >= 0.6 is 0 Å². The van der Waals surface area contributed by atoms with Gasteiger partial charge >= 0.3 is 0 Å². The van der Waals surface area contributed by atoms with Crippen molar-refractivity contribution in [3.05, 3.63) is 41.2 Å². The molecule has 1 N–H and O–H groups in total. The Labute approximate surface area is 139 Å². The summed E-state index contributed by atoms with van der Waals surface area (Å²) in [4.78, 5) is 21.1. The minimum Gasteiger partial charge on any atom is -0.360 e. The molecule has 5 heteroatoms. The molecule has 3 heterocycles. The lowest BCUT2D eigenvalue weighted by atomic mass is 9.95. The smallest absolute Gasteiger partial charge is 0.261 e. The van der Waals surface area contributed by atoms with Gasteiger partial charge in [-0.15, -0.1) is 0 Å². The van der Waals surface area contributed by atoms with Gasteiger partial charge in [0.1, 0.15) is 0 Å². The lowest BCUT2D eigenvalue weighted by Crippen LogP contribution is -2.26. The van der Waals surface area contributed by atoms with Crippen molar-refractivity contribution in [2.24, 2.45) is 7.05 Å². The number of rotatable bonds is 1. The third kappa shape index (κ3) is 1.81. The largest absolute Gasteiger partial charge is 0.360 e. The van der Waals surface area contributed by atoms with E-state index in [0.717, 1.165) is 45.9 Å². The van der Waals surface area contributed by atoms with Gasteiger partial charge in [0.25, 0.3) is 5.56 Å². The Bertz CT molecular complexity index is 1080. The molecule has 2 aromatic rings. The topological polar surface area (TPSA) is 55.6 Å². The van der Waals surface area contributed by atoms with Crippen molar-refractivity contribution >= 4 is 21.8 Å². The lowest BCUT2D eigenvalue weighted by molar-refractivity contribution is 0.345. The molecule has 0 aromatic carbocycles. The second kappa shape index (κ2) is 4.97. The second-order valence-corrected chi connectivity index (χ2v) is 6.96. The molecule has 2 aliphatic carbocycles. The van der Waals surface area contributed by atoms with Crippen LogP contribution in [0, 0.1) is 0 Å². The zero-order valence-corrected chi connectivity index (χ0v) is 13.7. The summed E-state index contributed by atoms with van der Waals surface area (Å²) >= 11 is 0. The molecule has 0 radical (unpaired) electrons. The molecule has 5 nitrogen and oxygen atoms in total. The fraction of sp³-hybridized carbons (Fsp3) is 0.368. The molecule has 0 bridgehead atoms. The number of nitrogens with one attached hydrogen (secondary N) is 1. The first-order valence-corrected chi connectivity index (χ1v) is 8.70. The van der Waals surface area contributed by atoms with Crippen LogP contribution in [0.15, 0.2) is 35.6 Å². The molecule has 1 aliphatic heterocycles. The Kier molecular flexibility index (Phi) is 2.86. The summed E-state index contributed by atoms with van der Waals surface area (Å²) in [6, 6.07) is 4.35. The first-order chi connectivity index (χ1) is 11.7. The summed E-state index contributed by atoms with van der Waals surface area (Å²) < 4.78 is 3.96. The number of pyridine rings is 1. The van der Waals surface area contributed by atoms with Gasteiger partial charge in [0.2, 0.25) is 0 Å². The highest BCUT2D eigenvalue weighted by molar-refractivity contribution is 6.09. The van der Waals surface area contributed by atoms with Crippen molar-refractivity contribution in [1.82, 2.24) is 19.1 Å². The Morgan fingerprint density at radius 3 is 2.92 bits per heavy atom. The molecule has 24 heavy (non-hydrogen) atoms. The molecule has 122 valence electrons. The highest BCUT2D eigenvalue weighted by Crippen LogP contribution is 2.36. The highest BCUT2D eigenvalue weighted by Gasteiger charge is 2.22. The van der Waals surface area contributed by atoms with E-state index in [2.05, 4.69) is 15.6 Å². The Morgan fingerprint density at radius 1 is 1.25 bits per heavy atom. The van der Waals surface area contributed by atoms with Crippen LogP contribution in [0.3, 0.4) is 0 Å². The van der Waals surface area contributed by atoms with Crippen LogP contribution in [0.2, 0.25) is 0 Å². The summed E-state index contributed by atoms with van der Waals surface area (Å²) in [5, 5.41) is 1.86. The van der Waals surface area contributed by atoms with Crippen molar-refractivity contribution in [3.63, 3.8) is 0 Å². The van der Waals surface area contributed by atoms with Crippen LogP contribution in [0.4, 0.5) is 0 Å². The molecule has 0 atom stereocenters. The van der Waals surface area contributed by atoms with Crippen LogP contribution in [-0.4, -0.2) is 19.1 Å². The summed E-state index contributed by atoms with van der Waals surface area (Å²) in [5.74, 6) is 0. The lowest BCUT2D eigenvalue weighted by Gasteiger charge is -2.23. The zero-order valence-electron chi connectivity index (χ0n) is 13.7. The number of aromatic nitrogens is 4. The molecular formula is C19H20N4O. The Balaban J connectivity index is 1.82. The van der Waals surface area contributed by atoms with E-state index in [1.165, 1.54) is 19.3 Å². The van der Waals surface area contributed by atoms with Crippen molar-refractivity contribution in [2.45, 2.75) is 38.1 Å². The summed E-state index contributed by atoms with van der Waals surface area (Å²) in [6.45, 7) is 0. The second-order valence-electron chi connectivity index (χ2n) is 6.96. The molecule has 1 fully saturated rings. The SMILES string of the molecule is Cn1ccc2c[nH]c3cc4c(=O)n(C5CCCCC5)cnc4c-3c21. The zero-order chi connectivity index (χ0) is 16.3.